The lowest BCUT2D eigenvalue weighted by atomic mass is 9.91. The van der Waals surface area contributed by atoms with Crippen LogP contribution in [0, 0.1) is 12.8 Å². The second kappa shape index (κ2) is 5.91. The zero-order valence-electron chi connectivity index (χ0n) is 12.2. The predicted molar refractivity (Wildman–Crippen MR) is 82.1 cm³/mol. The maximum atomic E-state index is 11.5. The zero-order chi connectivity index (χ0) is 14.7. The fourth-order valence-corrected chi connectivity index (χ4v) is 2.50. The van der Waals surface area contributed by atoms with Crippen molar-refractivity contribution in [3.8, 4) is 11.1 Å². The van der Waals surface area contributed by atoms with Crippen LogP contribution >= 0.6 is 0 Å². The quantitative estimate of drug-likeness (QED) is 0.882. The van der Waals surface area contributed by atoms with Crippen molar-refractivity contribution in [2.24, 2.45) is 5.92 Å². The van der Waals surface area contributed by atoms with E-state index in [0.717, 1.165) is 28.7 Å². The number of carboxylic acids is 1. The molecule has 0 aliphatic carbocycles. The molecule has 0 saturated carbocycles. The average molecular weight is 268 g/mol. The first-order chi connectivity index (χ1) is 9.49. The average Bonchev–Trinajstić information content (AvgIpc) is 2.38. The van der Waals surface area contributed by atoms with Gasteiger partial charge in [-0.25, -0.2) is 4.79 Å². The smallest absolute Gasteiger partial charge is 0.335 e. The molecule has 0 aromatic heterocycles. The second-order valence-corrected chi connectivity index (χ2v) is 5.59. The molecule has 0 amide bonds. The van der Waals surface area contributed by atoms with Gasteiger partial charge in [-0.1, -0.05) is 50.2 Å². The Bertz CT molecular complexity index is 613. The van der Waals surface area contributed by atoms with E-state index in [2.05, 4.69) is 13.8 Å². The topological polar surface area (TPSA) is 37.3 Å². The molecule has 2 heteroatoms. The van der Waals surface area contributed by atoms with Crippen LogP contribution in [-0.2, 0) is 6.42 Å². The molecule has 0 spiro atoms. The molecule has 104 valence electrons. The highest BCUT2D eigenvalue weighted by atomic mass is 16.4. The minimum absolute atomic E-state index is 0.420. The SMILES string of the molecule is Cc1cc(CC(C)C)c(C(=O)O)cc1-c1ccccc1. The van der Waals surface area contributed by atoms with Crippen LogP contribution in [0.3, 0.4) is 0 Å². The maximum absolute atomic E-state index is 11.5. The molecular formula is C18H20O2. The highest BCUT2D eigenvalue weighted by Gasteiger charge is 2.15. The molecular weight excluding hydrogens is 248 g/mol. The van der Waals surface area contributed by atoms with Gasteiger partial charge in [0.2, 0.25) is 0 Å². The summed E-state index contributed by atoms with van der Waals surface area (Å²) in [6.45, 7) is 6.25. The van der Waals surface area contributed by atoms with Gasteiger partial charge in [0.1, 0.15) is 0 Å². The van der Waals surface area contributed by atoms with Crippen molar-refractivity contribution in [1.82, 2.24) is 0 Å². The number of carboxylic acid groups (broad SMARTS) is 1. The van der Waals surface area contributed by atoms with E-state index in [9.17, 15) is 9.90 Å². The number of aryl methyl sites for hydroxylation is 1. The Kier molecular flexibility index (Phi) is 4.23. The summed E-state index contributed by atoms with van der Waals surface area (Å²) >= 11 is 0. The van der Waals surface area contributed by atoms with Crippen LogP contribution in [0.4, 0.5) is 0 Å². The Morgan fingerprint density at radius 1 is 1.15 bits per heavy atom. The summed E-state index contributed by atoms with van der Waals surface area (Å²) in [5, 5.41) is 9.44. The number of rotatable bonds is 4. The first-order valence-electron chi connectivity index (χ1n) is 6.91. The van der Waals surface area contributed by atoms with E-state index in [4.69, 9.17) is 0 Å². The first-order valence-corrected chi connectivity index (χ1v) is 6.91. The van der Waals surface area contributed by atoms with Crippen LogP contribution in [0.25, 0.3) is 11.1 Å². The largest absolute Gasteiger partial charge is 0.478 e. The molecule has 0 aliphatic rings. The van der Waals surface area contributed by atoms with E-state index >= 15 is 0 Å². The highest BCUT2D eigenvalue weighted by Crippen LogP contribution is 2.28. The maximum Gasteiger partial charge on any atom is 0.335 e. The van der Waals surface area contributed by atoms with E-state index in [0.29, 0.717) is 11.5 Å². The molecule has 0 fully saturated rings. The van der Waals surface area contributed by atoms with Gasteiger partial charge in [-0.15, -0.1) is 0 Å². The van der Waals surface area contributed by atoms with Gasteiger partial charge in [0.15, 0.2) is 0 Å². The van der Waals surface area contributed by atoms with Crippen LogP contribution in [0.2, 0.25) is 0 Å². The third kappa shape index (κ3) is 3.08. The monoisotopic (exact) mass is 268 g/mol. The lowest BCUT2D eigenvalue weighted by molar-refractivity contribution is 0.0695. The van der Waals surface area contributed by atoms with Crippen LogP contribution in [-0.4, -0.2) is 11.1 Å². The Labute approximate surface area is 120 Å². The Morgan fingerprint density at radius 2 is 1.80 bits per heavy atom. The van der Waals surface area contributed by atoms with E-state index < -0.39 is 5.97 Å². The molecule has 0 unspecified atom stereocenters. The van der Waals surface area contributed by atoms with E-state index in [1.54, 1.807) is 0 Å². The van der Waals surface area contributed by atoms with E-state index in [1.165, 1.54) is 0 Å². The summed E-state index contributed by atoms with van der Waals surface area (Å²) in [4.78, 5) is 11.5. The summed E-state index contributed by atoms with van der Waals surface area (Å²) in [6.07, 6.45) is 0.789. The van der Waals surface area contributed by atoms with Crippen LogP contribution < -0.4 is 0 Å². The van der Waals surface area contributed by atoms with Gasteiger partial charge in [-0.05, 0) is 47.6 Å². The number of carbonyl (C=O) groups is 1. The number of aromatic carboxylic acids is 1. The van der Waals surface area contributed by atoms with E-state index in [1.807, 2.05) is 49.4 Å². The fraction of sp³-hybridized carbons (Fsp3) is 0.278. The number of benzene rings is 2. The van der Waals surface area contributed by atoms with Gasteiger partial charge in [0, 0.05) is 0 Å². The Balaban J connectivity index is 2.56. The third-order valence-electron chi connectivity index (χ3n) is 3.39. The van der Waals surface area contributed by atoms with Gasteiger partial charge < -0.3 is 5.11 Å². The Morgan fingerprint density at radius 3 is 2.35 bits per heavy atom. The van der Waals surface area contributed by atoms with Crippen molar-refractivity contribution in [3.05, 3.63) is 59.2 Å². The summed E-state index contributed by atoms with van der Waals surface area (Å²) < 4.78 is 0. The van der Waals surface area contributed by atoms with Gasteiger partial charge in [0.25, 0.3) is 0 Å². The van der Waals surface area contributed by atoms with E-state index in [-0.39, 0.29) is 0 Å². The standard InChI is InChI=1S/C18H20O2/c1-12(2)9-15-10-13(3)16(11-17(15)18(19)20)14-7-5-4-6-8-14/h4-8,10-12H,9H2,1-3H3,(H,19,20). The van der Waals surface area contributed by atoms with Crippen LogP contribution in [0.1, 0.15) is 35.3 Å². The summed E-state index contributed by atoms with van der Waals surface area (Å²) in [5.41, 5.74) is 4.52. The molecule has 2 nitrogen and oxygen atoms in total. The van der Waals surface area contributed by atoms with Gasteiger partial charge >= 0.3 is 5.97 Å². The number of hydrogen-bond donors (Lipinski definition) is 1. The third-order valence-corrected chi connectivity index (χ3v) is 3.39. The summed E-state index contributed by atoms with van der Waals surface area (Å²) in [6, 6.07) is 13.8. The highest BCUT2D eigenvalue weighted by molar-refractivity contribution is 5.91. The predicted octanol–water partition coefficient (Wildman–Crippen LogP) is 4.56. The van der Waals surface area contributed by atoms with Gasteiger partial charge in [-0.2, -0.15) is 0 Å². The Hall–Kier alpha value is -2.09. The molecule has 0 bridgehead atoms. The van der Waals surface area contributed by atoms with Crippen LogP contribution in [0.15, 0.2) is 42.5 Å². The minimum atomic E-state index is -0.849. The molecule has 0 aliphatic heterocycles. The lowest BCUT2D eigenvalue weighted by Gasteiger charge is -2.14. The lowest BCUT2D eigenvalue weighted by Crippen LogP contribution is -2.06. The molecule has 20 heavy (non-hydrogen) atoms. The zero-order valence-corrected chi connectivity index (χ0v) is 12.2. The minimum Gasteiger partial charge on any atom is -0.478 e. The van der Waals surface area contributed by atoms with Gasteiger partial charge in [-0.3, -0.25) is 0 Å². The summed E-state index contributed by atoms with van der Waals surface area (Å²) in [7, 11) is 0. The molecule has 2 aromatic rings. The van der Waals surface area contributed by atoms with Crippen molar-refractivity contribution < 1.29 is 9.90 Å². The van der Waals surface area contributed by atoms with Crippen molar-refractivity contribution in [2.45, 2.75) is 27.2 Å². The van der Waals surface area contributed by atoms with Crippen molar-refractivity contribution >= 4 is 5.97 Å². The number of hydrogen-bond acceptors (Lipinski definition) is 1. The van der Waals surface area contributed by atoms with Crippen molar-refractivity contribution in [2.75, 3.05) is 0 Å². The summed E-state index contributed by atoms with van der Waals surface area (Å²) in [5.74, 6) is -0.409. The second-order valence-electron chi connectivity index (χ2n) is 5.59. The van der Waals surface area contributed by atoms with Crippen molar-refractivity contribution in [1.29, 1.82) is 0 Å². The molecule has 0 radical (unpaired) electrons. The van der Waals surface area contributed by atoms with Gasteiger partial charge in [0.05, 0.1) is 5.56 Å². The molecule has 2 rings (SSSR count). The molecule has 2 aromatic carbocycles. The fourth-order valence-electron chi connectivity index (χ4n) is 2.50. The van der Waals surface area contributed by atoms with Crippen molar-refractivity contribution in [3.63, 3.8) is 0 Å². The molecule has 0 heterocycles. The molecule has 0 atom stereocenters. The normalized spacial score (nSPS) is 10.8. The molecule has 1 N–H and O–H groups in total. The van der Waals surface area contributed by atoms with Crippen LogP contribution in [0.5, 0.6) is 0 Å². The molecule has 0 saturated heterocycles. The first kappa shape index (κ1) is 14.3.